The van der Waals surface area contributed by atoms with Gasteiger partial charge >= 0.3 is 0 Å². The second-order valence-electron chi connectivity index (χ2n) is 5.61. The van der Waals surface area contributed by atoms with E-state index in [2.05, 4.69) is 9.71 Å². The lowest BCUT2D eigenvalue weighted by Gasteiger charge is -2.26. The summed E-state index contributed by atoms with van der Waals surface area (Å²) in [5.74, 6) is 0.727. The molecule has 1 aromatic heterocycles. The molecule has 1 aromatic rings. The third-order valence-corrected chi connectivity index (χ3v) is 5.84. The van der Waals surface area contributed by atoms with Gasteiger partial charge in [0, 0.05) is 38.6 Å². The fourth-order valence-corrected chi connectivity index (χ4v) is 3.92. The second-order valence-corrected chi connectivity index (χ2v) is 7.37. The zero-order valence-corrected chi connectivity index (χ0v) is 14.5. The number of aryl methyl sites for hydroxylation is 1. The van der Waals surface area contributed by atoms with Gasteiger partial charge in [0.1, 0.15) is 11.9 Å². The topological polar surface area (TPSA) is 100 Å². The highest BCUT2D eigenvalue weighted by Gasteiger charge is 2.37. The molecule has 2 heterocycles. The molecule has 23 heavy (non-hydrogen) atoms. The van der Waals surface area contributed by atoms with Crippen molar-refractivity contribution in [3.05, 3.63) is 18.2 Å². The van der Waals surface area contributed by atoms with E-state index < -0.39 is 22.4 Å². The van der Waals surface area contributed by atoms with Gasteiger partial charge in [0.2, 0.25) is 0 Å². The Morgan fingerprint density at radius 1 is 1.65 bits per heavy atom. The fourth-order valence-electron chi connectivity index (χ4n) is 2.58. The van der Waals surface area contributed by atoms with Gasteiger partial charge in [-0.25, -0.2) is 4.98 Å². The molecule has 3 atom stereocenters. The Balaban J connectivity index is 2.13. The molecule has 1 unspecified atom stereocenters. The lowest BCUT2D eigenvalue weighted by atomic mass is 10.1. The van der Waals surface area contributed by atoms with Crippen molar-refractivity contribution in [3.8, 4) is 6.07 Å². The van der Waals surface area contributed by atoms with Crippen LogP contribution >= 0.6 is 0 Å². The SMILES string of the molecule is CCn1ccnc1[C@H]1OCC[C@@H]1NS(=O)(=O)N(C)C(C)CC#N. The molecule has 0 aromatic carbocycles. The van der Waals surface area contributed by atoms with Gasteiger partial charge in [0.15, 0.2) is 0 Å². The molecule has 0 saturated carbocycles. The summed E-state index contributed by atoms with van der Waals surface area (Å²) in [6.07, 6.45) is 3.86. The average molecular weight is 341 g/mol. The molecule has 0 radical (unpaired) electrons. The summed E-state index contributed by atoms with van der Waals surface area (Å²) in [7, 11) is -2.22. The Morgan fingerprint density at radius 3 is 3.04 bits per heavy atom. The summed E-state index contributed by atoms with van der Waals surface area (Å²) in [6.45, 7) is 4.92. The monoisotopic (exact) mass is 341 g/mol. The van der Waals surface area contributed by atoms with Gasteiger partial charge in [-0.15, -0.1) is 0 Å². The van der Waals surface area contributed by atoms with E-state index in [1.54, 1.807) is 13.1 Å². The number of hydrogen-bond donors (Lipinski definition) is 1. The maximum Gasteiger partial charge on any atom is 0.279 e. The fraction of sp³-hybridized carbons (Fsp3) is 0.714. The normalized spacial score (nSPS) is 23.1. The molecule has 0 amide bonds. The summed E-state index contributed by atoms with van der Waals surface area (Å²) in [4.78, 5) is 4.31. The number of hydrogen-bond acceptors (Lipinski definition) is 5. The molecule has 1 fully saturated rings. The largest absolute Gasteiger partial charge is 0.369 e. The third kappa shape index (κ3) is 3.90. The van der Waals surface area contributed by atoms with Crippen molar-refractivity contribution in [1.82, 2.24) is 18.6 Å². The van der Waals surface area contributed by atoms with Crippen LogP contribution in [-0.4, -0.2) is 48.0 Å². The molecule has 1 aliphatic heterocycles. The summed E-state index contributed by atoms with van der Waals surface area (Å²) in [5.41, 5.74) is 0. The van der Waals surface area contributed by atoms with Crippen LogP contribution in [0, 0.1) is 11.3 Å². The van der Waals surface area contributed by atoms with Gasteiger partial charge in [-0.1, -0.05) is 0 Å². The lowest BCUT2D eigenvalue weighted by Crippen LogP contribution is -2.47. The second kappa shape index (κ2) is 7.40. The van der Waals surface area contributed by atoms with Crippen molar-refractivity contribution >= 4 is 10.2 Å². The Hall–Kier alpha value is -1.47. The first-order valence-electron chi connectivity index (χ1n) is 7.65. The van der Waals surface area contributed by atoms with Gasteiger partial charge in [-0.05, 0) is 20.3 Å². The standard InChI is InChI=1S/C14H23N5O3S/c1-4-19-9-8-16-14(19)13-12(6-10-22-13)17-23(20,21)18(3)11(2)5-7-15/h8-9,11-13,17H,4-6,10H2,1-3H3/t11?,12-,13-/m0/s1. The molecule has 1 aliphatic rings. The number of rotatable bonds is 7. The molecule has 128 valence electrons. The molecular formula is C14H23N5O3S. The van der Waals surface area contributed by atoms with E-state index in [-0.39, 0.29) is 12.5 Å². The van der Waals surface area contributed by atoms with Crippen molar-refractivity contribution < 1.29 is 13.2 Å². The summed E-state index contributed by atoms with van der Waals surface area (Å²) >= 11 is 0. The minimum absolute atomic E-state index is 0.141. The predicted molar refractivity (Wildman–Crippen MR) is 84.5 cm³/mol. The number of nitrogens with one attached hydrogen (secondary N) is 1. The molecule has 0 aliphatic carbocycles. The Morgan fingerprint density at radius 2 is 2.39 bits per heavy atom. The summed E-state index contributed by atoms with van der Waals surface area (Å²) in [6, 6.07) is 1.22. The van der Waals surface area contributed by atoms with Crippen molar-refractivity contribution in [2.75, 3.05) is 13.7 Å². The first kappa shape index (κ1) is 17.9. The van der Waals surface area contributed by atoms with E-state index >= 15 is 0 Å². The molecule has 1 N–H and O–H groups in total. The number of nitriles is 1. The van der Waals surface area contributed by atoms with Crippen LogP contribution in [0.4, 0.5) is 0 Å². The predicted octanol–water partition coefficient (Wildman–Crippen LogP) is 0.801. The minimum Gasteiger partial charge on any atom is -0.369 e. The quantitative estimate of drug-likeness (QED) is 0.791. The van der Waals surface area contributed by atoms with Crippen LogP contribution < -0.4 is 4.72 Å². The molecular weight excluding hydrogens is 318 g/mol. The number of aromatic nitrogens is 2. The zero-order valence-electron chi connectivity index (χ0n) is 13.6. The first-order chi connectivity index (χ1) is 10.9. The average Bonchev–Trinajstić information content (AvgIpc) is 3.14. The van der Waals surface area contributed by atoms with Crippen LogP contribution in [0.2, 0.25) is 0 Å². The third-order valence-electron chi connectivity index (χ3n) is 4.12. The maximum absolute atomic E-state index is 12.5. The number of imidazole rings is 1. The van der Waals surface area contributed by atoms with E-state index in [4.69, 9.17) is 10.00 Å². The maximum atomic E-state index is 12.5. The van der Waals surface area contributed by atoms with Gasteiger partial charge in [-0.2, -0.15) is 22.7 Å². The smallest absolute Gasteiger partial charge is 0.279 e. The Labute approximate surface area is 137 Å². The first-order valence-corrected chi connectivity index (χ1v) is 9.09. The number of nitrogens with zero attached hydrogens (tertiary/aromatic N) is 4. The van der Waals surface area contributed by atoms with E-state index in [9.17, 15) is 8.42 Å². The van der Waals surface area contributed by atoms with Gasteiger partial charge in [0.05, 0.1) is 18.5 Å². The van der Waals surface area contributed by atoms with Crippen LogP contribution in [0.25, 0.3) is 0 Å². The van der Waals surface area contributed by atoms with Crippen molar-refractivity contribution in [1.29, 1.82) is 5.26 Å². The summed E-state index contributed by atoms with van der Waals surface area (Å²) < 4.78 is 36.5. The molecule has 1 saturated heterocycles. The highest BCUT2D eigenvalue weighted by molar-refractivity contribution is 7.87. The number of ether oxygens (including phenoxy) is 1. The highest BCUT2D eigenvalue weighted by Crippen LogP contribution is 2.29. The van der Waals surface area contributed by atoms with Crippen LogP contribution in [0.3, 0.4) is 0 Å². The highest BCUT2D eigenvalue weighted by atomic mass is 32.2. The van der Waals surface area contributed by atoms with E-state index in [0.29, 0.717) is 13.0 Å². The zero-order chi connectivity index (χ0) is 17.0. The van der Waals surface area contributed by atoms with Crippen molar-refractivity contribution in [2.45, 2.75) is 51.4 Å². The van der Waals surface area contributed by atoms with Crippen molar-refractivity contribution in [3.63, 3.8) is 0 Å². The van der Waals surface area contributed by atoms with Gasteiger partial charge in [0.25, 0.3) is 10.2 Å². The van der Waals surface area contributed by atoms with E-state index in [0.717, 1.165) is 12.4 Å². The van der Waals surface area contributed by atoms with Gasteiger partial charge in [-0.3, -0.25) is 0 Å². The van der Waals surface area contributed by atoms with E-state index in [1.165, 1.54) is 11.4 Å². The Kier molecular flexibility index (Phi) is 5.75. The van der Waals surface area contributed by atoms with Crippen molar-refractivity contribution in [2.24, 2.45) is 0 Å². The van der Waals surface area contributed by atoms with Crippen LogP contribution in [-0.2, 0) is 21.5 Å². The lowest BCUT2D eigenvalue weighted by molar-refractivity contribution is 0.0922. The van der Waals surface area contributed by atoms with E-state index in [1.807, 2.05) is 23.8 Å². The summed E-state index contributed by atoms with van der Waals surface area (Å²) in [5, 5.41) is 8.74. The minimum atomic E-state index is -3.69. The molecule has 8 nitrogen and oxygen atoms in total. The Bertz CT molecular complexity index is 666. The molecule has 0 bridgehead atoms. The van der Waals surface area contributed by atoms with Gasteiger partial charge < -0.3 is 9.30 Å². The van der Waals surface area contributed by atoms with Crippen LogP contribution in [0.15, 0.2) is 12.4 Å². The molecule has 9 heteroatoms. The van der Waals surface area contributed by atoms with Crippen LogP contribution in [0.1, 0.15) is 38.6 Å². The van der Waals surface area contributed by atoms with Crippen LogP contribution in [0.5, 0.6) is 0 Å². The molecule has 0 spiro atoms. The molecule has 2 rings (SSSR count).